The van der Waals surface area contributed by atoms with Crippen molar-refractivity contribution in [2.24, 2.45) is 0 Å². The van der Waals surface area contributed by atoms with Crippen molar-refractivity contribution < 1.29 is 14.6 Å². The minimum atomic E-state index is -0.353. The zero-order valence-corrected chi connectivity index (χ0v) is 7.63. The van der Waals surface area contributed by atoms with Crippen LogP contribution in [0.15, 0.2) is 0 Å². The van der Waals surface area contributed by atoms with Crippen molar-refractivity contribution in [1.29, 1.82) is 0 Å². The topological polar surface area (TPSA) is 49.8 Å². The van der Waals surface area contributed by atoms with Crippen molar-refractivity contribution in [2.45, 2.75) is 6.92 Å². The number of carbonyl (C=O) groups is 1. The predicted molar refractivity (Wildman–Crippen MR) is 43.3 cm³/mol. The van der Waals surface area contributed by atoms with E-state index in [1.165, 1.54) is 6.92 Å². The summed E-state index contributed by atoms with van der Waals surface area (Å²) in [5.74, 6) is -0.353. The van der Waals surface area contributed by atoms with Crippen LogP contribution in [0.2, 0.25) is 0 Å². The maximum atomic E-state index is 9.87. The van der Waals surface area contributed by atoms with Gasteiger partial charge in [0.05, 0.1) is 6.61 Å². The molecule has 0 aromatic carbocycles. The molecule has 0 rings (SSSR count). The highest BCUT2D eigenvalue weighted by Gasteiger charge is 1.86. The maximum Gasteiger partial charge on any atom is 0.302 e. The molecule has 0 heterocycles. The molecule has 4 nitrogen and oxygen atoms in total. The van der Waals surface area contributed by atoms with Gasteiger partial charge in [0.1, 0.15) is 6.61 Å². The minimum Gasteiger partial charge on any atom is -0.463 e. The summed E-state index contributed by atoms with van der Waals surface area (Å²) in [6.07, 6.45) is 0. The van der Waals surface area contributed by atoms with Gasteiger partial charge in [-0.15, -0.1) is 0 Å². The fourth-order valence-corrected chi connectivity index (χ4v) is 0.189. The van der Waals surface area contributed by atoms with E-state index in [2.05, 4.69) is 4.74 Å². The molecule has 0 saturated heterocycles. The molecule has 0 amide bonds. The molecule has 0 fully saturated rings. The molecule has 0 saturated carbocycles. The number of hydrogen-bond donors (Lipinski definition) is 1. The van der Waals surface area contributed by atoms with E-state index in [0.29, 0.717) is 0 Å². The van der Waals surface area contributed by atoms with Crippen LogP contribution in [-0.2, 0) is 9.53 Å². The Hall–Kier alpha value is -0.610. The number of aliphatic hydroxyl groups excluding tert-OH is 1. The van der Waals surface area contributed by atoms with Crippen LogP contribution < -0.4 is 0 Å². The molecule has 0 aromatic heterocycles. The monoisotopic (exact) mass is 163 g/mol. The Morgan fingerprint density at radius 1 is 1.45 bits per heavy atom. The van der Waals surface area contributed by atoms with Crippen LogP contribution in [-0.4, -0.2) is 50.3 Å². The summed E-state index contributed by atoms with van der Waals surface area (Å²) < 4.78 is 4.30. The van der Waals surface area contributed by atoms with Crippen LogP contribution in [0.1, 0.15) is 6.92 Å². The Labute approximate surface area is 67.8 Å². The lowest BCUT2D eigenvalue weighted by Crippen LogP contribution is -2.03. The SMILES string of the molecule is CC(=O)OCCO.CN(C)C. The standard InChI is InChI=1S/C4H8O3.C3H9N/c1-4(6)7-3-2-5;1-4(2)3/h5H,2-3H2,1H3;1-3H3. The summed E-state index contributed by atoms with van der Waals surface area (Å²) >= 11 is 0. The number of rotatable bonds is 2. The first kappa shape index (κ1) is 13.0. The molecule has 0 bridgehead atoms. The van der Waals surface area contributed by atoms with E-state index in [0.717, 1.165) is 0 Å². The third kappa shape index (κ3) is 44.6. The van der Waals surface area contributed by atoms with Crippen LogP contribution >= 0.6 is 0 Å². The van der Waals surface area contributed by atoms with Gasteiger partial charge in [0.25, 0.3) is 0 Å². The molecule has 0 aliphatic rings. The Morgan fingerprint density at radius 3 is 1.91 bits per heavy atom. The summed E-state index contributed by atoms with van der Waals surface area (Å²) in [4.78, 5) is 11.9. The molecular formula is C7H17NO3. The molecule has 0 aliphatic heterocycles. The number of nitrogens with zero attached hydrogens (tertiary/aromatic N) is 1. The second kappa shape index (κ2) is 9.39. The normalized spacial score (nSPS) is 8.55. The molecular weight excluding hydrogens is 146 g/mol. The number of esters is 1. The first-order chi connectivity index (χ1) is 5.00. The van der Waals surface area contributed by atoms with E-state index in [4.69, 9.17) is 5.11 Å². The molecule has 1 N–H and O–H groups in total. The van der Waals surface area contributed by atoms with Crippen molar-refractivity contribution >= 4 is 5.97 Å². The first-order valence-electron chi connectivity index (χ1n) is 3.35. The number of ether oxygens (including phenoxy) is 1. The van der Waals surface area contributed by atoms with Gasteiger partial charge in [-0.3, -0.25) is 4.79 Å². The van der Waals surface area contributed by atoms with E-state index in [9.17, 15) is 4.79 Å². The van der Waals surface area contributed by atoms with Gasteiger partial charge in [-0.1, -0.05) is 0 Å². The highest BCUT2D eigenvalue weighted by Crippen LogP contribution is 1.71. The van der Waals surface area contributed by atoms with Gasteiger partial charge in [-0.2, -0.15) is 0 Å². The lowest BCUT2D eigenvalue weighted by Gasteiger charge is -1.93. The van der Waals surface area contributed by atoms with Gasteiger partial charge in [-0.05, 0) is 21.1 Å². The van der Waals surface area contributed by atoms with E-state index in [1.807, 2.05) is 26.0 Å². The van der Waals surface area contributed by atoms with Gasteiger partial charge >= 0.3 is 5.97 Å². The zero-order chi connectivity index (χ0) is 9.28. The molecule has 11 heavy (non-hydrogen) atoms. The van der Waals surface area contributed by atoms with Gasteiger partial charge in [0.15, 0.2) is 0 Å². The predicted octanol–water partition coefficient (Wildman–Crippen LogP) is -0.280. The van der Waals surface area contributed by atoms with Gasteiger partial charge in [0, 0.05) is 6.92 Å². The second-order valence-electron chi connectivity index (χ2n) is 2.41. The fourth-order valence-electron chi connectivity index (χ4n) is 0.189. The average molecular weight is 163 g/mol. The summed E-state index contributed by atoms with van der Waals surface area (Å²) in [7, 11) is 6.00. The number of aliphatic hydroxyl groups is 1. The summed E-state index contributed by atoms with van der Waals surface area (Å²) in [5.41, 5.74) is 0. The quantitative estimate of drug-likeness (QED) is 0.569. The Morgan fingerprint density at radius 2 is 1.82 bits per heavy atom. The van der Waals surface area contributed by atoms with Gasteiger partial charge in [0.2, 0.25) is 0 Å². The highest BCUT2D eigenvalue weighted by atomic mass is 16.5. The van der Waals surface area contributed by atoms with Crippen LogP contribution in [0, 0.1) is 0 Å². The second-order valence-corrected chi connectivity index (χ2v) is 2.41. The zero-order valence-electron chi connectivity index (χ0n) is 7.63. The molecule has 0 atom stereocenters. The Balaban J connectivity index is 0. The average Bonchev–Trinajstić information content (AvgIpc) is 1.82. The van der Waals surface area contributed by atoms with Crippen LogP contribution in [0.5, 0.6) is 0 Å². The van der Waals surface area contributed by atoms with E-state index >= 15 is 0 Å². The summed E-state index contributed by atoms with van der Waals surface area (Å²) in [6, 6.07) is 0. The molecule has 0 aromatic rings. The van der Waals surface area contributed by atoms with E-state index < -0.39 is 0 Å². The highest BCUT2D eigenvalue weighted by molar-refractivity contribution is 5.65. The smallest absolute Gasteiger partial charge is 0.302 e. The third-order valence-corrected chi connectivity index (χ3v) is 0.397. The van der Waals surface area contributed by atoms with Crippen LogP contribution in [0.4, 0.5) is 0 Å². The first-order valence-corrected chi connectivity index (χ1v) is 3.35. The van der Waals surface area contributed by atoms with Crippen molar-refractivity contribution in [3.05, 3.63) is 0 Å². The van der Waals surface area contributed by atoms with E-state index in [-0.39, 0.29) is 19.2 Å². The molecule has 68 valence electrons. The van der Waals surface area contributed by atoms with Crippen molar-refractivity contribution in [3.8, 4) is 0 Å². The molecule has 0 unspecified atom stereocenters. The molecule has 4 heteroatoms. The minimum absolute atomic E-state index is 0.0976. The van der Waals surface area contributed by atoms with Gasteiger partial charge < -0.3 is 14.7 Å². The van der Waals surface area contributed by atoms with Crippen LogP contribution in [0.25, 0.3) is 0 Å². The Bertz CT molecular complexity index is 90.9. The van der Waals surface area contributed by atoms with Crippen molar-refractivity contribution in [3.63, 3.8) is 0 Å². The lowest BCUT2D eigenvalue weighted by molar-refractivity contribution is -0.141. The molecule has 0 spiro atoms. The van der Waals surface area contributed by atoms with Crippen molar-refractivity contribution in [1.82, 2.24) is 4.90 Å². The third-order valence-electron chi connectivity index (χ3n) is 0.397. The largest absolute Gasteiger partial charge is 0.463 e. The number of hydrogen-bond acceptors (Lipinski definition) is 4. The van der Waals surface area contributed by atoms with Gasteiger partial charge in [-0.25, -0.2) is 0 Å². The van der Waals surface area contributed by atoms with Crippen LogP contribution in [0.3, 0.4) is 0 Å². The summed E-state index contributed by atoms with van der Waals surface area (Å²) in [6.45, 7) is 1.31. The summed E-state index contributed by atoms with van der Waals surface area (Å²) in [5, 5.41) is 8.04. The van der Waals surface area contributed by atoms with E-state index in [1.54, 1.807) is 0 Å². The Kier molecular flexibility index (Phi) is 11.1. The fraction of sp³-hybridized carbons (Fsp3) is 0.857. The molecule has 0 aliphatic carbocycles. The maximum absolute atomic E-state index is 9.87. The number of carbonyl (C=O) groups excluding carboxylic acids is 1. The van der Waals surface area contributed by atoms with Crippen molar-refractivity contribution in [2.75, 3.05) is 34.4 Å². The lowest BCUT2D eigenvalue weighted by atomic mass is 10.7. The molecule has 0 radical (unpaired) electrons.